The lowest BCUT2D eigenvalue weighted by molar-refractivity contribution is 0.0658. The van der Waals surface area contributed by atoms with Crippen molar-refractivity contribution in [3.8, 4) is 11.5 Å². The second-order valence-corrected chi connectivity index (χ2v) is 8.10. The molecule has 0 unspecified atom stereocenters. The molecule has 2 heterocycles. The summed E-state index contributed by atoms with van der Waals surface area (Å²) in [6, 6.07) is 8.16. The van der Waals surface area contributed by atoms with Gasteiger partial charge in [-0.05, 0) is 24.3 Å². The Labute approximate surface area is 146 Å². The Hall–Kier alpha value is -2.48. The Morgan fingerprint density at radius 1 is 1.20 bits per heavy atom. The van der Waals surface area contributed by atoms with Gasteiger partial charge in [0, 0.05) is 24.7 Å². The quantitative estimate of drug-likeness (QED) is 0.775. The molecule has 0 N–H and O–H groups in total. The molecule has 0 saturated carbocycles. The van der Waals surface area contributed by atoms with Crippen molar-refractivity contribution >= 4 is 15.7 Å². The number of benzene rings is 1. The molecule has 0 atom stereocenters. The number of likely N-dealkylation sites (tertiary alicyclic amines) is 1. The van der Waals surface area contributed by atoms with E-state index in [1.54, 1.807) is 30.3 Å². The Morgan fingerprint density at radius 3 is 2.36 bits per heavy atom. The van der Waals surface area contributed by atoms with Gasteiger partial charge in [0.05, 0.1) is 25.7 Å². The minimum Gasteiger partial charge on any atom is -0.497 e. The van der Waals surface area contributed by atoms with Gasteiger partial charge in [-0.3, -0.25) is 4.79 Å². The highest BCUT2D eigenvalue weighted by Crippen LogP contribution is 2.27. The number of sulfone groups is 1. The Kier molecular flexibility index (Phi) is 4.71. The number of hydrogen-bond donors (Lipinski definition) is 0. The third kappa shape index (κ3) is 3.63. The van der Waals surface area contributed by atoms with Crippen LogP contribution in [0.2, 0.25) is 0 Å². The van der Waals surface area contributed by atoms with Gasteiger partial charge in [0.1, 0.15) is 23.0 Å². The molecule has 1 aliphatic rings. The average molecular weight is 365 g/mol. The van der Waals surface area contributed by atoms with Crippen LogP contribution in [-0.2, 0) is 15.6 Å². The van der Waals surface area contributed by atoms with Crippen LogP contribution in [0.4, 0.5) is 0 Å². The molecule has 8 heteroatoms. The second-order valence-electron chi connectivity index (χ2n) is 5.82. The van der Waals surface area contributed by atoms with Crippen LogP contribution in [0.3, 0.4) is 0 Å². The average Bonchev–Trinajstić information content (AvgIpc) is 3.04. The van der Waals surface area contributed by atoms with E-state index >= 15 is 0 Å². The molecule has 3 rings (SSSR count). The predicted molar refractivity (Wildman–Crippen MR) is 90.6 cm³/mol. The zero-order valence-corrected chi connectivity index (χ0v) is 14.8. The standard InChI is InChI=1S/C17H19NO6S/c1-22-14-6-12(7-15(8-14)23-2)17(19)18-9-16(10-18)25(20,21)11-13-4-3-5-24-13/h3-8,16H,9-11H2,1-2H3. The molecule has 0 radical (unpaired) electrons. The largest absolute Gasteiger partial charge is 0.497 e. The predicted octanol–water partition coefficient (Wildman–Crippen LogP) is 1.74. The molecule has 7 nitrogen and oxygen atoms in total. The summed E-state index contributed by atoms with van der Waals surface area (Å²) < 4.78 is 40.1. The Morgan fingerprint density at radius 2 is 1.84 bits per heavy atom. The van der Waals surface area contributed by atoms with Gasteiger partial charge in [-0.15, -0.1) is 0 Å². The number of ether oxygens (including phenoxy) is 2. The van der Waals surface area contributed by atoms with Crippen molar-refractivity contribution in [2.24, 2.45) is 0 Å². The van der Waals surface area contributed by atoms with Gasteiger partial charge < -0.3 is 18.8 Å². The van der Waals surface area contributed by atoms with E-state index in [0.717, 1.165) is 0 Å². The fourth-order valence-electron chi connectivity index (χ4n) is 2.66. The minimum absolute atomic E-state index is 0.153. The number of carbonyl (C=O) groups is 1. The zero-order chi connectivity index (χ0) is 18.0. The molecule has 0 aliphatic carbocycles. The summed E-state index contributed by atoms with van der Waals surface area (Å²) in [6.07, 6.45) is 1.44. The Bertz CT molecular complexity index is 831. The van der Waals surface area contributed by atoms with Crippen LogP contribution in [0.1, 0.15) is 16.1 Å². The lowest BCUT2D eigenvalue weighted by Gasteiger charge is -2.38. The van der Waals surface area contributed by atoms with Crippen molar-refractivity contribution < 1.29 is 27.1 Å². The van der Waals surface area contributed by atoms with Crippen LogP contribution < -0.4 is 9.47 Å². The van der Waals surface area contributed by atoms with E-state index in [1.165, 1.54) is 25.4 Å². The first-order valence-corrected chi connectivity index (χ1v) is 9.41. The number of amides is 1. The lowest BCUT2D eigenvalue weighted by atomic mass is 10.1. The molecule has 1 amide bonds. The maximum Gasteiger partial charge on any atom is 0.254 e. The third-order valence-electron chi connectivity index (χ3n) is 4.17. The first kappa shape index (κ1) is 17.3. The van der Waals surface area contributed by atoms with Gasteiger partial charge in [0.15, 0.2) is 9.84 Å². The summed E-state index contributed by atoms with van der Waals surface area (Å²) in [5, 5.41) is -0.575. The lowest BCUT2D eigenvalue weighted by Crippen LogP contribution is -2.57. The topological polar surface area (TPSA) is 86.0 Å². The van der Waals surface area contributed by atoms with Crippen molar-refractivity contribution in [1.82, 2.24) is 4.90 Å². The highest BCUT2D eigenvalue weighted by Gasteiger charge is 2.40. The van der Waals surface area contributed by atoms with Gasteiger partial charge in [0.25, 0.3) is 5.91 Å². The molecule has 1 aromatic heterocycles. The molecule has 25 heavy (non-hydrogen) atoms. The summed E-state index contributed by atoms with van der Waals surface area (Å²) in [6.45, 7) is 0.336. The van der Waals surface area contributed by atoms with Crippen LogP contribution in [0.15, 0.2) is 41.0 Å². The van der Waals surface area contributed by atoms with E-state index < -0.39 is 15.1 Å². The van der Waals surface area contributed by atoms with Gasteiger partial charge >= 0.3 is 0 Å². The number of carbonyl (C=O) groups excluding carboxylic acids is 1. The molecular weight excluding hydrogens is 346 g/mol. The molecule has 1 fully saturated rings. The van der Waals surface area contributed by atoms with Gasteiger partial charge in [0.2, 0.25) is 0 Å². The highest BCUT2D eigenvalue weighted by molar-refractivity contribution is 7.91. The zero-order valence-electron chi connectivity index (χ0n) is 14.0. The van der Waals surface area contributed by atoms with Crippen molar-refractivity contribution in [3.05, 3.63) is 47.9 Å². The highest BCUT2D eigenvalue weighted by atomic mass is 32.2. The maximum absolute atomic E-state index is 12.6. The third-order valence-corrected chi connectivity index (χ3v) is 6.17. The van der Waals surface area contributed by atoms with E-state index in [1.807, 2.05) is 0 Å². The number of hydrogen-bond acceptors (Lipinski definition) is 6. The maximum atomic E-state index is 12.6. The van der Waals surface area contributed by atoms with E-state index in [4.69, 9.17) is 13.9 Å². The van der Waals surface area contributed by atoms with Crippen LogP contribution in [0.5, 0.6) is 11.5 Å². The minimum atomic E-state index is -3.36. The normalized spacial score (nSPS) is 14.9. The summed E-state index contributed by atoms with van der Waals surface area (Å²) in [5.74, 6) is 1.01. The molecule has 2 aromatic rings. The van der Waals surface area contributed by atoms with E-state index in [9.17, 15) is 13.2 Å². The number of furan rings is 1. The number of nitrogens with zero attached hydrogens (tertiary/aromatic N) is 1. The summed E-state index contributed by atoms with van der Waals surface area (Å²) in [4.78, 5) is 14.1. The van der Waals surface area contributed by atoms with Crippen molar-refractivity contribution in [1.29, 1.82) is 0 Å². The number of rotatable bonds is 6. The smallest absolute Gasteiger partial charge is 0.254 e. The summed E-state index contributed by atoms with van der Waals surface area (Å²) in [7, 11) is -0.350. The van der Waals surface area contributed by atoms with Gasteiger partial charge in [-0.2, -0.15) is 0 Å². The summed E-state index contributed by atoms with van der Waals surface area (Å²) in [5.41, 5.74) is 0.401. The molecular formula is C17H19NO6S. The molecule has 1 aromatic carbocycles. The fourth-order valence-corrected chi connectivity index (χ4v) is 4.27. The second kappa shape index (κ2) is 6.79. The van der Waals surface area contributed by atoms with Crippen molar-refractivity contribution in [2.75, 3.05) is 27.3 Å². The molecule has 1 saturated heterocycles. The molecule has 1 aliphatic heterocycles. The van der Waals surface area contributed by atoms with Gasteiger partial charge in [-0.1, -0.05) is 0 Å². The summed E-state index contributed by atoms with van der Waals surface area (Å²) >= 11 is 0. The number of methoxy groups -OCH3 is 2. The first-order chi connectivity index (χ1) is 11.9. The van der Waals surface area contributed by atoms with Crippen molar-refractivity contribution in [2.45, 2.75) is 11.0 Å². The van der Waals surface area contributed by atoms with Crippen LogP contribution in [-0.4, -0.2) is 51.8 Å². The van der Waals surface area contributed by atoms with Gasteiger partial charge in [-0.25, -0.2) is 8.42 Å². The van der Waals surface area contributed by atoms with E-state index in [-0.39, 0.29) is 24.7 Å². The van der Waals surface area contributed by atoms with E-state index in [2.05, 4.69) is 0 Å². The van der Waals surface area contributed by atoms with Crippen LogP contribution >= 0.6 is 0 Å². The van der Waals surface area contributed by atoms with E-state index in [0.29, 0.717) is 22.8 Å². The first-order valence-electron chi connectivity index (χ1n) is 7.69. The molecule has 134 valence electrons. The fraction of sp³-hybridized carbons (Fsp3) is 0.353. The SMILES string of the molecule is COc1cc(OC)cc(C(=O)N2CC(S(=O)(=O)Cc3ccco3)C2)c1. The Balaban J connectivity index is 1.67. The van der Waals surface area contributed by atoms with Crippen LogP contribution in [0.25, 0.3) is 0 Å². The molecule has 0 spiro atoms. The van der Waals surface area contributed by atoms with Crippen LogP contribution in [0, 0.1) is 0 Å². The van der Waals surface area contributed by atoms with Crippen molar-refractivity contribution in [3.63, 3.8) is 0 Å². The molecule has 0 bridgehead atoms. The monoisotopic (exact) mass is 365 g/mol.